The molecule has 0 radical (unpaired) electrons. The second kappa shape index (κ2) is 8.48. The Kier molecular flexibility index (Phi) is 6.10. The van der Waals surface area contributed by atoms with Gasteiger partial charge >= 0.3 is 5.97 Å². The van der Waals surface area contributed by atoms with Gasteiger partial charge in [0.05, 0.1) is 11.5 Å². The van der Waals surface area contributed by atoms with Crippen LogP contribution in [0.5, 0.6) is 11.5 Å². The van der Waals surface area contributed by atoms with Crippen molar-refractivity contribution in [1.29, 1.82) is 0 Å². The number of nitro benzene ring substituents is 1. The van der Waals surface area contributed by atoms with Crippen molar-refractivity contribution in [1.82, 2.24) is 0 Å². The van der Waals surface area contributed by atoms with Crippen LogP contribution in [0.4, 0.5) is 5.69 Å². The number of rotatable bonds is 8. The molecule has 9 heteroatoms. The molecule has 0 atom stereocenters. The zero-order valence-corrected chi connectivity index (χ0v) is 13.3. The maximum Gasteiger partial charge on any atom is 0.344 e. The van der Waals surface area contributed by atoms with Crippen LogP contribution in [0.25, 0.3) is 0 Å². The van der Waals surface area contributed by atoms with Crippen LogP contribution >= 0.6 is 0 Å². The third-order valence-corrected chi connectivity index (χ3v) is 2.93. The van der Waals surface area contributed by atoms with Gasteiger partial charge in [0.1, 0.15) is 24.4 Å². The van der Waals surface area contributed by atoms with E-state index in [0.717, 1.165) is 6.26 Å². The molecular weight excluding hydrogens is 334 g/mol. The Morgan fingerprint density at radius 1 is 1.24 bits per heavy atom. The fraction of sp³-hybridized carbons (Fsp3) is 0.250. The summed E-state index contributed by atoms with van der Waals surface area (Å²) < 4.78 is 20.3. The van der Waals surface area contributed by atoms with Crippen molar-refractivity contribution in [2.75, 3.05) is 13.2 Å². The van der Waals surface area contributed by atoms with Crippen LogP contribution in [-0.4, -0.2) is 24.1 Å². The van der Waals surface area contributed by atoms with Crippen LogP contribution < -0.4 is 14.9 Å². The fourth-order valence-corrected chi connectivity index (χ4v) is 1.78. The van der Waals surface area contributed by atoms with E-state index in [1.165, 1.54) is 30.3 Å². The summed E-state index contributed by atoms with van der Waals surface area (Å²) >= 11 is 0. The van der Waals surface area contributed by atoms with Gasteiger partial charge in [-0.25, -0.2) is 4.79 Å². The van der Waals surface area contributed by atoms with Crippen molar-refractivity contribution in [2.45, 2.75) is 13.5 Å². The first-order valence-corrected chi connectivity index (χ1v) is 7.27. The zero-order chi connectivity index (χ0) is 18.2. The minimum absolute atomic E-state index is 0.0504. The largest absolute Gasteiger partial charge is 0.486 e. The summed E-state index contributed by atoms with van der Waals surface area (Å²) in [5.74, 6) is -0.0951. The average molecular weight is 349 g/mol. The van der Waals surface area contributed by atoms with Gasteiger partial charge in [0.2, 0.25) is 11.2 Å². The minimum Gasteiger partial charge on any atom is -0.486 e. The predicted octanol–water partition coefficient (Wildman–Crippen LogP) is 2.07. The van der Waals surface area contributed by atoms with Gasteiger partial charge in [0.15, 0.2) is 6.61 Å². The molecular formula is C16H15NO8. The van der Waals surface area contributed by atoms with Gasteiger partial charge in [0.25, 0.3) is 5.69 Å². The van der Waals surface area contributed by atoms with Crippen molar-refractivity contribution in [2.24, 2.45) is 0 Å². The molecule has 9 nitrogen and oxygen atoms in total. The second-order valence-electron chi connectivity index (χ2n) is 4.71. The Bertz CT molecular complexity index is 797. The number of ether oxygens (including phenoxy) is 3. The lowest BCUT2D eigenvalue weighted by Crippen LogP contribution is -2.18. The first-order valence-electron chi connectivity index (χ1n) is 7.27. The molecule has 0 aliphatic carbocycles. The highest BCUT2D eigenvalue weighted by molar-refractivity contribution is 5.71. The van der Waals surface area contributed by atoms with E-state index in [-0.39, 0.29) is 30.4 Å². The highest BCUT2D eigenvalue weighted by atomic mass is 16.6. The van der Waals surface area contributed by atoms with Crippen LogP contribution in [0.2, 0.25) is 0 Å². The molecule has 0 N–H and O–H groups in total. The van der Waals surface area contributed by atoms with Crippen LogP contribution in [0.15, 0.2) is 45.8 Å². The number of nitrogens with zero attached hydrogens (tertiary/aromatic N) is 1. The maximum absolute atomic E-state index is 11.9. The molecule has 0 aliphatic heterocycles. The molecule has 132 valence electrons. The van der Waals surface area contributed by atoms with E-state index in [1.54, 1.807) is 6.92 Å². The van der Waals surface area contributed by atoms with Gasteiger partial charge in [0, 0.05) is 18.2 Å². The minimum atomic E-state index is -0.590. The number of non-ortho nitro benzene ring substituents is 1. The number of hydrogen-bond donors (Lipinski definition) is 0. The van der Waals surface area contributed by atoms with Crippen molar-refractivity contribution >= 4 is 11.7 Å². The Labute approximate surface area is 141 Å². The number of esters is 1. The molecule has 2 rings (SSSR count). The monoisotopic (exact) mass is 349 g/mol. The molecule has 1 aromatic carbocycles. The quantitative estimate of drug-likeness (QED) is 0.404. The molecule has 0 fully saturated rings. The van der Waals surface area contributed by atoms with Crippen molar-refractivity contribution in [3.63, 3.8) is 0 Å². The fourth-order valence-electron chi connectivity index (χ4n) is 1.78. The highest BCUT2D eigenvalue weighted by Gasteiger charge is 2.09. The predicted molar refractivity (Wildman–Crippen MR) is 84.5 cm³/mol. The molecule has 0 spiro atoms. The average Bonchev–Trinajstić information content (AvgIpc) is 2.59. The summed E-state index contributed by atoms with van der Waals surface area (Å²) in [7, 11) is 0. The summed E-state index contributed by atoms with van der Waals surface area (Å²) in [6.07, 6.45) is 1.08. The van der Waals surface area contributed by atoms with Gasteiger partial charge in [-0.15, -0.1) is 0 Å². The Hall–Kier alpha value is -3.36. The number of carbonyl (C=O) groups excluding carboxylic acids is 1. The van der Waals surface area contributed by atoms with E-state index >= 15 is 0 Å². The lowest BCUT2D eigenvalue weighted by atomic mass is 10.3. The Morgan fingerprint density at radius 2 is 1.96 bits per heavy atom. The number of hydrogen-bond acceptors (Lipinski definition) is 8. The molecule has 0 saturated carbocycles. The SMILES string of the molecule is CCOC(=O)COc1coc(COc2ccc([N+](=O)[O-])cc2)cc1=O. The summed E-state index contributed by atoms with van der Waals surface area (Å²) in [6.45, 7) is 1.43. The van der Waals surface area contributed by atoms with Crippen molar-refractivity contribution < 1.29 is 28.3 Å². The Morgan fingerprint density at radius 3 is 2.56 bits per heavy atom. The molecule has 0 aliphatic rings. The third kappa shape index (κ3) is 5.34. The van der Waals surface area contributed by atoms with E-state index < -0.39 is 22.9 Å². The van der Waals surface area contributed by atoms with Gasteiger partial charge in [-0.3, -0.25) is 14.9 Å². The van der Waals surface area contributed by atoms with Crippen LogP contribution in [0.1, 0.15) is 12.7 Å². The molecule has 2 aromatic rings. The first kappa shape index (κ1) is 18.0. The van der Waals surface area contributed by atoms with Gasteiger partial charge < -0.3 is 18.6 Å². The first-order chi connectivity index (χ1) is 12.0. The van der Waals surface area contributed by atoms with Crippen molar-refractivity contribution in [3.8, 4) is 11.5 Å². The molecule has 0 unspecified atom stereocenters. The lowest BCUT2D eigenvalue weighted by Gasteiger charge is -2.07. The molecule has 25 heavy (non-hydrogen) atoms. The molecule has 0 amide bonds. The normalized spacial score (nSPS) is 10.1. The highest BCUT2D eigenvalue weighted by Crippen LogP contribution is 2.18. The lowest BCUT2D eigenvalue weighted by molar-refractivity contribution is -0.384. The number of benzene rings is 1. The van der Waals surface area contributed by atoms with Crippen LogP contribution in [0.3, 0.4) is 0 Å². The topological polar surface area (TPSA) is 118 Å². The molecule has 1 heterocycles. The van der Waals surface area contributed by atoms with E-state index in [4.69, 9.17) is 13.9 Å². The van der Waals surface area contributed by atoms with E-state index in [1.807, 2.05) is 0 Å². The molecule has 0 bridgehead atoms. The van der Waals surface area contributed by atoms with Crippen LogP contribution in [0, 0.1) is 10.1 Å². The van der Waals surface area contributed by atoms with Gasteiger partial charge in [-0.05, 0) is 19.1 Å². The summed E-state index contributed by atoms with van der Waals surface area (Å²) in [5.41, 5.74) is -0.528. The summed E-state index contributed by atoms with van der Waals surface area (Å²) in [5, 5.41) is 10.6. The number of carbonyl (C=O) groups is 1. The van der Waals surface area contributed by atoms with Crippen molar-refractivity contribution in [3.05, 3.63) is 62.7 Å². The molecule has 1 aromatic heterocycles. The zero-order valence-electron chi connectivity index (χ0n) is 13.3. The number of nitro groups is 1. The summed E-state index contributed by atoms with van der Waals surface area (Å²) in [4.78, 5) is 33.1. The van der Waals surface area contributed by atoms with E-state index in [0.29, 0.717) is 5.75 Å². The standard InChI is InChI=1S/C16H15NO8/c1-2-22-16(19)10-25-15-9-24-13(7-14(15)18)8-23-12-5-3-11(4-6-12)17(20)21/h3-7,9H,2,8,10H2,1H3. The van der Waals surface area contributed by atoms with E-state index in [2.05, 4.69) is 4.74 Å². The summed E-state index contributed by atoms with van der Waals surface area (Å²) in [6, 6.07) is 6.65. The van der Waals surface area contributed by atoms with Gasteiger partial charge in [-0.1, -0.05) is 0 Å². The smallest absolute Gasteiger partial charge is 0.344 e. The van der Waals surface area contributed by atoms with Crippen LogP contribution in [-0.2, 0) is 16.1 Å². The maximum atomic E-state index is 11.9. The van der Waals surface area contributed by atoms with E-state index in [9.17, 15) is 19.7 Å². The van der Waals surface area contributed by atoms with Gasteiger partial charge in [-0.2, -0.15) is 0 Å². The molecule has 0 saturated heterocycles. The second-order valence-corrected chi connectivity index (χ2v) is 4.71. The third-order valence-electron chi connectivity index (χ3n) is 2.93. The Balaban J connectivity index is 1.92.